The van der Waals surface area contributed by atoms with Crippen molar-refractivity contribution in [1.29, 1.82) is 0 Å². The van der Waals surface area contributed by atoms with E-state index in [1.807, 2.05) is 31.6 Å². The molecule has 1 aromatic heterocycles. The van der Waals surface area contributed by atoms with Crippen molar-refractivity contribution < 1.29 is 4.79 Å². The molecule has 0 saturated heterocycles. The Hall–Kier alpha value is -1.36. The molecule has 0 spiro atoms. The highest BCUT2D eigenvalue weighted by molar-refractivity contribution is 5.90. The molecule has 0 aliphatic carbocycles. The van der Waals surface area contributed by atoms with Gasteiger partial charge in [0.25, 0.3) is 0 Å². The van der Waals surface area contributed by atoms with Crippen LogP contribution in [-0.4, -0.2) is 28.8 Å². The average molecular weight is 224 g/mol. The number of carbonyl (C=O) groups excluding carboxylic acids is 1. The number of nitrogens with one attached hydrogen (secondary N) is 2. The smallest absolute Gasteiger partial charge is 0.225 e. The maximum atomic E-state index is 11.5. The topological polar surface area (TPSA) is 59.0 Å². The van der Waals surface area contributed by atoms with Gasteiger partial charge in [-0.25, -0.2) is 0 Å². The van der Waals surface area contributed by atoms with Gasteiger partial charge in [0.1, 0.15) is 0 Å². The van der Waals surface area contributed by atoms with Crippen LogP contribution in [0, 0.1) is 0 Å². The highest BCUT2D eigenvalue weighted by atomic mass is 16.1. The normalized spacial score (nSPS) is 10.8. The maximum absolute atomic E-state index is 11.5. The van der Waals surface area contributed by atoms with E-state index >= 15 is 0 Å². The number of carbonyl (C=O) groups is 1. The molecule has 0 aliphatic rings. The lowest BCUT2D eigenvalue weighted by atomic mass is 10.4. The van der Waals surface area contributed by atoms with Crippen LogP contribution >= 0.6 is 0 Å². The highest BCUT2D eigenvalue weighted by Crippen LogP contribution is 2.09. The summed E-state index contributed by atoms with van der Waals surface area (Å²) < 4.78 is 1.82. The van der Waals surface area contributed by atoms with E-state index in [1.54, 1.807) is 6.20 Å². The van der Waals surface area contributed by atoms with Crippen LogP contribution in [-0.2, 0) is 4.79 Å². The van der Waals surface area contributed by atoms with Gasteiger partial charge in [0.05, 0.1) is 11.9 Å². The zero-order valence-electron chi connectivity index (χ0n) is 10.2. The van der Waals surface area contributed by atoms with E-state index in [-0.39, 0.29) is 5.91 Å². The summed E-state index contributed by atoms with van der Waals surface area (Å²) in [5.41, 5.74) is 0.759. The van der Waals surface area contributed by atoms with Crippen LogP contribution in [0.4, 0.5) is 5.69 Å². The molecule has 1 amide bonds. The van der Waals surface area contributed by atoms with Crippen molar-refractivity contribution in [1.82, 2.24) is 15.1 Å². The maximum Gasteiger partial charge on any atom is 0.225 e. The summed E-state index contributed by atoms with van der Waals surface area (Å²) in [5, 5.41) is 10.1. The van der Waals surface area contributed by atoms with Gasteiger partial charge in [0, 0.05) is 25.2 Å². The van der Waals surface area contributed by atoms with Crippen LogP contribution in [0.1, 0.15) is 33.2 Å². The van der Waals surface area contributed by atoms with Gasteiger partial charge in [-0.2, -0.15) is 5.10 Å². The van der Waals surface area contributed by atoms with Crippen LogP contribution < -0.4 is 10.6 Å². The van der Waals surface area contributed by atoms with Gasteiger partial charge in [-0.3, -0.25) is 9.48 Å². The van der Waals surface area contributed by atoms with Crippen LogP contribution in [0.3, 0.4) is 0 Å². The van der Waals surface area contributed by atoms with E-state index in [2.05, 4.69) is 15.7 Å². The molecule has 1 aromatic rings. The van der Waals surface area contributed by atoms with Gasteiger partial charge in [-0.05, 0) is 20.4 Å². The Morgan fingerprint density at radius 2 is 2.31 bits per heavy atom. The molecule has 0 saturated carbocycles. The third-order valence-electron chi connectivity index (χ3n) is 2.19. The third kappa shape index (κ3) is 4.02. The highest BCUT2D eigenvalue weighted by Gasteiger charge is 2.05. The summed E-state index contributed by atoms with van der Waals surface area (Å²) in [6.45, 7) is 7.71. The van der Waals surface area contributed by atoms with Crippen molar-refractivity contribution in [2.24, 2.45) is 0 Å². The number of hydrogen-bond acceptors (Lipinski definition) is 3. The molecule has 5 heteroatoms. The van der Waals surface area contributed by atoms with Crippen LogP contribution in [0.2, 0.25) is 0 Å². The van der Waals surface area contributed by atoms with E-state index in [0.29, 0.717) is 19.0 Å². The first-order chi connectivity index (χ1) is 7.63. The summed E-state index contributed by atoms with van der Waals surface area (Å²) in [6.07, 6.45) is 4.00. The molecule has 0 atom stereocenters. The lowest BCUT2D eigenvalue weighted by Gasteiger charge is -2.04. The minimum atomic E-state index is 0.0178. The Balaban J connectivity index is 2.37. The molecular formula is C11H20N4O. The molecule has 0 radical (unpaired) electrons. The van der Waals surface area contributed by atoms with Crippen molar-refractivity contribution in [3.63, 3.8) is 0 Å². The van der Waals surface area contributed by atoms with Gasteiger partial charge in [0.15, 0.2) is 0 Å². The van der Waals surface area contributed by atoms with Crippen LogP contribution in [0.25, 0.3) is 0 Å². The first kappa shape index (κ1) is 12.7. The summed E-state index contributed by atoms with van der Waals surface area (Å²) >= 11 is 0. The molecule has 0 bridgehead atoms. The average Bonchev–Trinajstić information content (AvgIpc) is 2.66. The fraction of sp³-hybridized carbons (Fsp3) is 0.636. The number of aromatic nitrogens is 2. The Kier molecular flexibility index (Phi) is 4.98. The number of rotatable bonds is 6. The molecule has 0 aliphatic heterocycles. The molecule has 1 heterocycles. The first-order valence-corrected chi connectivity index (χ1v) is 5.68. The van der Waals surface area contributed by atoms with Gasteiger partial charge in [-0.1, -0.05) is 6.92 Å². The SMILES string of the molecule is CCNCCC(=O)Nc1cnn(C(C)C)c1. The van der Waals surface area contributed by atoms with Gasteiger partial charge in [-0.15, -0.1) is 0 Å². The minimum Gasteiger partial charge on any atom is -0.323 e. The number of anilines is 1. The number of amides is 1. The van der Waals surface area contributed by atoms with Crippen LogP contribution in [0.15, 0.2) is 12.4 Å². The van der Waals surface area contributed by atoms with E-state index in [4.69, 9.17) is 0 Å². The van der Waals surface area contributed by atoms with Crippen molar-refractivity contribution in [2.45, 2.75) is 33.2 Å². The molecule has 1 rings (SSSR count). The Morgan fingerprint density at radius 3 is 2.88 bits per heavy atom. The molecule has 0 aromatic carbocycles. The lowest BCUT2D eigenvalue weighted by molar-refractivity contribution is -0.116. The zero-order chi connectivity index (χ0) is 12.0. The number of nitrogens with zero attached hydrogens (tertiary/aromatic N) is 2. The minimum absolute atomic E-state index is 0.0178. The van der Waals surface area contributed by atoms with E-state index in [0.717, 1.165) is 12.2 Å². The second-order valence-corrected chi connectivity index (χ2v) is 3.95. The molecular weight excluding hydrogens is 204 g/mol. The predicted octanol–water partition coefficient (Wildman–Crippen LogP) is 1.40. The molecule has 16 heavy (non-hydrogen) atoms. The Labute approximate surface area is 96.2 Å². The summed E-state index contributed by atoms with van der Waals surface area (Å²) in [5.74, 6) is 0.0178. The second kappa shape index (κ2) is 6.27. The fourth-order valence-electron chi connectivity index (χ4n) is 1.29. The molecule has 5 nitrogen and oxygen atoms in total. The fourth-order valence-corrected chi connectivity index (χ4v) is 1.29. The molecule has 0 fully saturated rings. The van der Waals surface area contributed by atoms with E-state index < -0.39 is 0 Å². The van der Waals surface area contributed by atoms with E-state index in [9.17, 15) is 4.79 Å². The molecule has 2 N–H and O–H groups in total. The van der Waals surface area contributed by atoms with Crippen LogP contribution in [0.5, 0.6) is 0 Å². The Bertz CT molecular complexity index is 332. The van der Waals surface area contributed by atoms with Crippen molar-refractivity contribution in [2.75, 3.05) is 18.4 Å². The second-order valence-electron chi connectivity index (χ2n) is 3.95. The zero-order valence-corrected chi connectivity index (χ0v) is 10.2. The van der Waals surface area contributed by atoms with Crippen molar-refractivity contribution in [3.8, 4) is 0 Å². The van der Waals surface area contributed by atoms with Crippen molar-refractivity contribution >= 4 is 11.6 Å². The molecule has 90 valence electrons. The predicted molar refractivity (Wildman–Crippen MR) is 64.4 cm³/mol. The quantitative estimate of drug-likeness (QED) is 0.718. The third-order valence-corrected chi connectivity index (χ3v) is 2.19. The Morgan fingerprint density at radius 1 is 1.56 bits per heavy atom. The lowest BCUT2D eigenvalue weighted by Crippen LogP contribution is -2.21. The standard InChI is InChI=1S/C11H20N4O/c1-4-12-6-5-11(16)14-10-7-13-15(8-10)9(2)3/h7-9,12H,4-6H2,1-3H3,(H,14,16). The van der Waals surface area contributed by atoms with E-state index in [1.165, 1.54) is 0 Å². The monoisotopic (exact) mass is 224 g/mol. The summed E-state index contributed by atoms with van der Waals surface area (Å²) in [7, 11) is 0. The summed E-state index contributed by atoms with van der Waals surface area (Å²) in [4.78, 5) is 11.5. The van der Waals surface area contributed by atoms with Gasteiger partial charge >= 0.3 is 0 Å². The van der Waals surface area contributed by atoms with Gasteiger partial charge in [0.2, 0.25) is 5.91 Å². The number of hydrogen-bond donors (Lipinski definition) is 2. The first-order valence-electron chi connectivity index (χ1n) is 5.68. The van der Waals surface area contributed by atoms with Gasteiger partial charge < -0.3 is 10.6 Å². The summed E-state index contributed by atoms with van der Waals surface area (Å²) in [6, 6.07) is 0.312. The molecule has 0 unspecified atom stereocenters. The van der Waals surface area contributed by atoms with Crippen molar-refractivity contribution in [3.05, 3.63) is 12.4 Å². The largest absolute Gasteiger partial charge is 0.323 e.